The molecule has 1 aliphatic rings. The number of anilines is 2. The van der Waals surface area contributed by atoms with Gasteiger partial charge in [0.05, 0.1) is 6.42 Å². The van der Waals surface area contributed by atoms with Gasteiger partial charge < -0.3 is 14.9 Å². The molecule has 20 heavy (non-hydrogen) atoms. The molecule has 0 atom stereocenters. The Kier molecular flexibility index (Phi) is 4.27. The maximum absolute atomic E-state index is 11.7. The van der Waals surface area contributed by atoms with E-state index < -0.39 is 5.97 Å². The molecular formula is C15H20N2O3. The maximum Gasteiger partial charge on any atom is 0.305 e. The molecule has 5 nitrogen and oxygen atoms in total. The van der Waals surface area contributed by atoms with Crippen molar-refractivity contribution < 1.29 is 14.7 Å². The topological polar surface area (TPSA) is 60.9 Å². The van der Waals surface area contributed by atoms with Gasteiger partial charge in [0.2, 0.25) is 5.91 Å². The molecule has 0 fully saturated rings. The lowest BCUT2D eigenvalue weighted by Gasteiger charge is -2.29. The third kappa shape index (κ3) is 2.92. The molecule has 1 amide bonds. The van der Waals surface area contributed by atoms with Crippen LogP contribution in [0.3, 0.4) is 0 Å². The first kappa shape index (κ1) is 14.4. The standard InChI is InChI=1S/C15H20N2O3/c1-3-17(9-8-15(19)20)12-5-6-13-11(10-12)4-7-14(18)16(13)2/h5-6,10H,3-4,7-9H2,1-2H3,(H,19,20). The number of hydrogen-bond acceptors (Lipinski definition) is 3. The second-order valence-electron chi connectivity index (χ2n) is 4.99. The summed E-state index contributed by atoms with van der Waals surface area (Å²) in [7, 11) is 1.79. The van der Waals surface area contributed by atoms with Crippen LogP contribution < -0.4 is 9.80 Å². The number of nitrogens with zero attached hydrogens (tertiary/aromatic N) is 2. The number of aliphatic carboxylic acids is 1. The molecule has 0 radical (unpaired) electrons. The van der Waals surface area contributed by atoms with Gasteiger partial charge in [-0.05, 0) is 37.1 Å². The molecule has 0 saturated carbocycles. The van der Waals surface area contributed by atoms with Crippen LogP contribution >= 0.6 is 0 Å². The van der Waals surface area contributed by atoms with Crippen molar-refractivity contribution in [2.24, 2.45) is 0 Å². The smallest absolute Gasteiger partial charge is 0.305 e. The average molecular weight is 276 g/mol. The number of carbonyl (C=O) groups excluding carboxylic acids is 1. The number of carboxylic acid groups (broad SMARTS) is 1. The van der Waals surface area contributed by atoms with Crippen molar-refractivity contribution in [2.75, 3.05) is 29.9 Å². The van der Waals surface area contributed by atoms with Crippen molar-refractivity contribution in [1.82, 2.24) is 0 Å². The van der Waals surface area contributed by atoms with E-state index in [0.717, 1.165) is 29.9 Å². The fourth-order valence-corrected chi connectivity index (χ4v) is 2.54. The van der Waals surface area contributed by atoms with Crippen molar-refractivity contribution in [3.8, 4) is 0 Å². The molecule has 0 aromatic heterocycles. The Hall–Kier alpha value is -2.04. The SMILES string of the molecule is CCN(CCC(=O)O)c1ccc2c(c1)CCC(=O)N2C. The Balaban J connectivity index is 2.21. The van der Waals surface area contributed by atoms with Crippen LogP contribution in [-0.4, -0.2) is 37.1 Å². The van der Waals surface area contributed by atoms with E-state index in [9.17, 15) is 9.59 Å². The quantitative estimate of drug-likeness (QED) is 0.892. The second kappa shape index (κ2) is 5.94. The highest BCUT2D eigenvalue weighted by atomic mass is 16.4. The van der Waals surface area contributed by atoms with E-state index in [1.807, 2.05) is 24.0 Å². The molecule has 1 heterocycles. The molecule has 0 unspecified atom stereocenters. The molecule has 0 saturated heterocycles. The summed E-state index contributed by atoms with van der Waals surface area (Å²) in [5.41, 5.74) is 3.13. The average Bonchev–Trinajstić information content (AvgIpc) is 2.43. The third-order valence-corrected chi connectivity index (χ3v) is 3.75. The van der Waals surface area contributed by atoms with Crippen LogP contribution in [0.15, 0.2) is 18.2 Å². The zero-order chi connectivity index (χ0) is 14.7. The Labute approximate surface area is 118 Å². The summed E-state index contributed by atoms with van der Waals surface area (Å²) in [4.78, 5) is 26.1. The van der Waals surface area contributed by atoms with Gasteiger partial charge in [-0.2, -0.15) is 0 Å². The van der Waals surface area contributed by atoms with Gasteiger partial charge >= 0.3 is 5.97 Å². The predicted molar refractivity (Wildman–Crippen MR) is 78.3 cm³/mol. The number of rotatable bonds is 5. The largest absolute Gasteiger partial charge is 0.481 e. The lowest BCUT2D eigenvalue weighted by molar-refractivity contribution is -0.136. The zero-order valence-corrected chi connectivity index (χ0v) is 11.9. The first-order valence-corrected chi connectivity index (χ1v) is 6.89. The summed E-state index contributed by atoms with van der Waals surface area (Å²) >= 11 is 0. The van der Waals surface area contributed by atoms with Crippen LogP contribution in [0.25, 0.3) is 0 Å². The first-order valence-electron chi connectivity index (χ1n) is 6.89. The minimum atomic E-state index is -0.785. The summed E-state index contributed by atoms with van der Waals surface area (Å²) < 4.78 is 0. The van der Waals surface area contributed by atoms with Crippen LogP contribution in [0, 0.1) is 0 Å². The Morgan fingerprint density at radius 1 is 1.40 bits per heavy atom. The lowest BCUT2D eigenvalue weighted by Crippen LogP contribution is -2.31. The van der Waals surface area contributed by atoms with E-state index >= 15 is 0 Å². The second-order valence-corrected chi connectivity index (χ2v) is 4.99. The third-order valence-electron chi connectivity index (χ3n) is 3.75. The van der Waals surface area contributed by atoms with Gasteiger partial charge in [-0.15, -0.1) is 0 Å². The fraction of sp³-hybridized carbons (Fsp3) is 0.467. The van der Waals surface area contributed by atoms with Crippen LogP contribution in [0.2, 0.25) is 0 Å². The zero-order valence-electron chi connectivity index (χ0n) is 11.9. The van der Waals surface area contributed by atoms with Crippen LogP contribution in [-0.2, 0) is 16.0 Å². The number of aryl methyl sites for hydroxylation is 1. The summed E-state index contributed by atoms with van der Waals surface area (Å²) in [6.45, 7) is 3.27. The molecule has 0 bridgehead atoms. The lowest BCUT2D eigenvalue weighted by atomic mass is 10.0. The van der Waals surface area contributed by atoms with Gasteiger partial charge in [-0.1, -0.05) is 0 Å². The molecule has 1 N–H and O–H groups in total. The maximum atomic E-state index is 11.7. The molecule has 5 heteroatoms. The van der Waals surface area contributed by atoms with Crippen LogP contribution in [0.1, 0.15) is 25.3 Å². The molecule has 108 valence electrons. The van der Waals surface area contributed by atoms with Gasteiger partial charge in [-0.3, -0.25) is 9.59 Å². The molecule has 0 aliphatic carbocycles. The van der Waals surface area contributed by atoms with Gasteiger partial charge in [0, 0.05) is 37.9 Å². The van der Waals surface area contributed by atoms with Crippen LogP contribution in [0.4, 0.5) is 11.4 Å². The van der Waals surface area contributed by atoms with E-state index in [1.54, 1.807) is 11.9 Å². The molecule has 2 rings (SSSR count). The predicted octanol–water partition coefficient (Wildman–Crippen LogP) is 1.90. The number of carboxylic acids is 1. The minimum Gasteiger partial charge on any atom is -0.481 e. The van der Waals surface area contributed by atoms with Gasteiger partial charge in [-0.25, -0.2) is 0 Å². The summed E-state index contributed by atoms with van der Waals surface area (Å²) in [5.74, 6) is -0.643. The number of hydrogen-bond donors (Lipinski definition) is 1. The number of carbonyl (C=O) groups is 2. The number of fused-ring (bicyclic) bond motifs is 1. The summed E-state index contributed by atoms with van der Waals surface area (Å²) in [5, 5.41) is 8.79. The minimum absolute atomic E-state index is 0.128. The summed E-state index contributed by atoms with van der Waals surface area (Å²) in [6, 6.07) is 5.98. The molecular weight excluding hydrogens is 256 g/mol. The fourth-order valence-electron chi connectivity index (χ4n) is 2.54. The molecule has 1 aromatic rings. The van der Waals surface area contributed by atoms with E-state index in [4.69, 9.17) is 5.11 Å². The van der Waals surface area contributed by atoms with Crippen LogP contribution in [0.5, 0.6) is 0 Å². The van der Waals surface area contributed by atoms with Gasteiger partial charge in [0.25, 0.3) is 0 Å². The Morgan fingerprint density at radius 2 is 2.15 bits per heavy atom. The number of benzene rings is 1. The van der Waals surface area contributed by atoms with Crippen molar-refractivity contribution in [3.63, 3.8) is 0 Å². The van der Waals surface area contributed by atoms with Gasteiger partial charge in [0.15, 0.2) is 0 Å². The van der Waals surface area contributed by atoms with Crippen molar-refractivity contribution in [1.29, 1.82) is 0 Å². The Bertz CT molecular complexity index is 528. The molecule has 1 aromatic carbocycles. The first-order chi connectivity index (χ1) is 9.52. The highest BCUT2D eigenvalue weighted by Crippen LogP contribution is 2.30. The van der Waals surface area contributed by atoms with Gasteiger partial charge in [0.1, 0.15) is 0 Å². The van der Waals surface area contributed by atoms with Crippen molar-refractivity contribution in [3.05, 3.63) is 23.8 Å². The van der Waals surface area contributed by atoms with E-state index in [0.29, 0.717) is 13.0 Å². The van der Waals surface area contributed by atoms with E-state index in [2.05, 4.69) is 6.07 Å². The van der Waals surface area contributed by atoms with E-state index in [-0.39, 0.29) is 12.3 Å². The monoisotopic (exact) mass is 276 g/mol. The summed E-state index contributed by atoms with van der Waals surface area (Å²) in [6.07, 6.45) is 1.42. The highest BCUT2D eigenvalue weighted by Gasteiger charge is 2.21. The molecule has 1 aliphatic heterocycles. The highest BCUT2D eigenvalue weighted by molar-refractivity contribution is 5.96. The normalized spacial score (nSPS) is 14.1. The number of amides is 1. The Morgan fingerprint density at radius 3 is 2.80 bits per heavy atom. The van der Waals surface area contributed by atoms with E-state index in [1.165, 1.54) is 0 Å². The van der Waals surface area contributed by atoms with Crippen molar-refractivity contribution >= 4 is 23.3 Å². The van der Waals surface area contributed by atoms with Crippen molar-refractivity contribution in [2.45, 2.75) is 26.2 Å². The molecule has 0 spiro atoms.